The number of benzene rings is 3. The van der Waals surface area contributed by atoms with Crippen LogP contribution in [0, 0.1) is 0 Å². The third kappa shape index (κ3) is 5.83. The first-order chi connectivity index (χ1) is 16.9. The topological polar surface area (TPSA) is 115 Å². The Hall–Kier alpha value is -4.66. The van der Waals surface area contributed by atoms with Gasteiger partial charge in [-0.1, -0.05) is 24.3 Å². The fourth-order valence-corrected chi connectivity index (χ4v) is 3.27. The Morgan fingerprint density at radius 3 is 1.49 bits per heavy atom. The molecule has 0 saturated heterocycles. The lowest BCUT2D eigenvalue weighted by Crippen LogP contribution is -2.25. The molecule has 9 nitrogen and oxygen atoms in total. The smallest absolute Gasteiger partial charge is 0.261 e. The largest absolute Gasteiger partial charge is 0.502 e. The fraction of sp³-hybridized carbons (Fsp3) is 0.154. The zero-order chi connectivity index (χ0) is 25.4. The van der Waals surface area contributed by atoms with Crippen LogP contribution < -0.4 is 29.6 Å². The van der Waals surface area contributed by atoms with Crippen LogP contribution in [0.4, 0.5) is 11.4 Å². The van der Waals surface area contributed by atoms with E-state index < -0.39 is 11.8 Å². The number of anilines is 2. The Morgan fingerprint density at radius 2 is 1.09 bits per heavy atom. The summed E-state index contributed by atoms with van der Waals surface area (Å²) < 4.78 is 21.0. The van der Waals surface area contributed by atoms with E-state index in [1.54, 1.807) is 48.5 Å². The van der Waals surface area contributed by atoms with Crippen LogP contribution in [0.15, 0.2) is 66.2 Å². The Balaban J connectivity index is 2.06. The average molecular weight is 479 g/mol. The van der Waals surface area contributed by atoms with Gasteiger partial charge in [0.25, 0.3) is 11.8 Å². The molecule has 0 atom stereocenters. The van der Waals surface area contributed by atoms with E-state index >= 15 is 0 Å². The van der Waals surface area contributed by atoms with Crippen molar-refractivity contribution in [3.05, 3.63) is 71.8 Å². The van der Waals surface area contributed by atoms with Gasteiger partial charge >= 0.3 is 0 Å². The molecule has 3 aromatic carbocycles. The molecule has 0 bridgehead atoms. The number of nitrogens with one attached hydrogen (secondary N) is 2. The summed E-state index contributed by atoms with van der Waals surface area (Å²) in [5, 5.41) is 15.6. The monoisotopic (exact) mass is 478 g/mol. The van der Waals surface area contributed by atoms with Crippen LogP contribution in [0.25, 0.3) is 6.08 Å². The van der Waals surface area contributed by atoms with Crippen LogP contribution >= 0.6 is 0 Å². The SMILES string of the molecule is COc1ccccc1NC(=O)C(=Cc1cc(OC)c(O)c(OC)c1)C(=O)Nc1ccccc1OC. The standard InChI is InChI=1S/C26H26N2O7/c1-32-20-11-7-5-9-18(20)27-25(30)17(26(31)28-19-10-6-8-12-21(19)33-2)13-16-14-22(34-3)24(29)23(15-16)35-4/h5-15,29H,1-4H3,(H,27,30)(H,28,31). The second-order valence-electron chi connectivity index (χ2n) is 7.14. The van der Waals surface area contributed by atoms with Gasteiger partial charge in [-0.15, -0.1) is 0 Å². The zero-order valence-electron chi connectivity index (χ0n) is 19.7. The van der Waals surface area contributed by atoms with E-state index in [4.69, 9.17) is 18.9 Å². The molecule has 35 heavy (non-hydrogen) atoms. The van der Waals surface area contributed by atoms with Gasteiger partial charge in [0.1, 0.15) is 17.1 Å². The number of phenols is 1. The predicted octanol–water partition coefficient (Wildman–Crippen LogP) is 4.09. The fourth-order valence-electron chi connectivity index (χ4n) is 3.27. The maximum absolute atomic E-state index is 13.3. The molecule has 0 fully saturated rings. The van der Waals surface area contributed by atoms with Crippen molar-refractivity contribution in [3.8, 4) is 28.7 Å². The summed E-state index contributed by atoms with van der Waals surface area (Å²) in [5.41, 5.74) is 0.933. The number of aromatic hydroxyl groups is 1. The number of para-hydroxylation sites is 4. The molecule has 182 valence electrons. The molecule has 0 spiro atoms. The maximum atomic E-state index is 13.3. The van der Waals surface area contributed by atoms with Crippen molar-refractivity contribution < 1.29 is 33.6 Å². The Labute approximate surface area is 202 Å². The van der Waals surface area contributed by atoms with Crippen molar-refractivity contribution in [1.82, 2.24) is 0 Å². The molecule has 0 aliphatic carbocycles. The van der Waals surface area contributed by atoms with Crippen molar-refractivity contribution in [3.63, 3.8) is 0 Å². The molecule has 9 heteroatoms. The second-order valence-corrected chi connectivity index (χ2v) is 7.14. The molecule has 0 aromatic heterocycles. The summed E-state index contributed by atoms with van der Waals surface area (Å²) in [5.74, 6) is -0.487. The van der Waals surface area contributed by atoms with Gasteiger partial charge in [-0.25, -0.2) is 0 Å². The molecule has 0 unspecified atom stereocenters. The summed E-state index contributed by atoms with van der Waals surface area (Å²) in [6.45, 7) is 0. The Bertz CT molecular complexity index is 1170. The van der Waals surface area contributed by atoms with E-state index in [1.165, 1.54) is 46.6 Å². The van der Waals surface area contributed by atoms with Gasteiger partial charge in [0.15, 0.2) is 11.5 Å². The summed E-state index contributed by atoms with van der Waals surface area (Å²) in [7, 11) is 5.72. The van der Waals surface area contributed by atoms with E-state index in [1.807, 2.05) is 0 Å². The first-order valence-corrected chi connectivity index (χ1v) is 10.5. The van der Waals surface area contributed by atoms with Crippen LogP contribution in [0.5, 0.6) is 28.7 Å². The highest BCUT2D eigenvalue weighted by atomic mass is 16.5. The third-order valence-electron chi connectivity index (χ3n) is 5.01. The van der Waals surface area contributed by atoms with Crippen LogP contribution in [-0.2, 0) is 9.59 Å². The molecule has 0 aliphatic rings. The van der Waals surface area contributed by atoms with Crippen molar-refractivity contribution in [2.45, 2.75) is 0 Å². The summed E-state index contributed by atoms with van der Waals surface area (Å²) in [6.07, 6.45) is 1.36. The summed E-state index contributed by atoms with van der Waals surface area (Å²) in [4.78, 5) is 26.6. The quantitative estimate of drug-likeness (QED) is 0.241. The molecule has 3 aromatic rings. The number of methoxy groups -OCH3 is 4. The van der Waals surface area contributed by atoms with Crippen LogP contribution in [0.2, 0.25) is 0 Å². The van der Waals surface area contributed by atoms with Crippen LogP contribution in [0.3, 0.4) is 0 Å². The predicted molar refractivity (Wildman–Crippen MR) is 132 cm³/mol. The van der Waals surface area contributed by atoms with Gasteiger partial charge in [-0.2, -0.15) is 0 Å². The molecule has 0 radical (unpaired) electrons. The van der Waals surface area contributed by atoms with Gasteiger partial charge in [0.2, 0.25) is 5.75 Å². The number of hydrogen-bond acceptors (Lipinski definition) is 7. The van der Waals surface area contributed by atoms with E-state index in [0.717, 1.165) is 0 Å². The molecule has 0 heterocycles. The number of phenolic OH excluding ortho intramolecular Hbond substituents is 1. The van der Waals surface area contributed by atoms with Gasteiger partial charge in [0.05, 0.1) is 39.8 Å². The first-order valence-electron chi connectivity index (χ1n) is 10.5. The molecule has 0 aliphatic heterocycles. The lowest BCUT2D eigenvalue weighted by molar-refractivity contribution is -0.118. The molecule has 0 saturated carbocycles. The Kier molecular flexibility index (Phi) is 8.18. The van der Waals surface area contributed by atoms with E-state index in [0.29, 0.717) is 28.4 Å². The van der Waals surface area contributed by atoms with Gasteiger partial charge in [-0.05, 0) is 48.0 Å². The van der Waals surface area contributed by atoms with E-state index in [-0.39, 0.29) is 22.8 Å². The summed E-state index contributed by atoms with van der Waals surface area (Å²) >= 11 is 0. The van der Waals surface area contributed by atoms with Gasteiger partial charge < -0.3 is 34.7 Å². The highest BCUT2D eigenvalue weighted by Gasteiger charge is 2.22. The van der Waals surface area contributed by atoms with Crippen LogP contribution in [0.1, 0.15) is 5.56 Å². The van der Waals surface area contributed by atoms with Crippen molar-refractivity contribution >= 4 is 29.3 Å². The molecular formula is C26H26N2O7. The highest BCUT2D eigenvalue weighted by Crippen LogP contribution is 2.38. The van der Waals surface area contributed by atoms with Crippen molar-refractivity contribution in [2.24, 2.45) is 0 Å². The number of hydrogen-bond donors (Lipinski definition) is 3. The molecule has 2 amide bonds. The first kappa shape index (κ1) is 25.0. The minimum Gasteiger partial charge on any atom is -0.502 e. The minimum atomic E-state index is -0.687. The third-order valence-corrected chi connectivity index (χ3v) is 5.01. The number of ether oxygens (including phenoxy) is 4. The minimum absolute atomic E-state index is 0.116. The lowest BCUT2D eigenvalue weighted by Gasteiger charge is -2.14. The highest BCUT2D eigenvalue weighted by molar-refractivity contribution is 6.29. The number of carbonyl (C=O) groups is 2. The van der Waals surface area contributed by atoms with Gasteiger partial charge in [0, 0.05) is 0 Å². The Morgan fingerprint density at radius 1 is 0.686 bits per heavy atom. The number of amides is 2. The zero-order valence-corrected chi connectivity index (χ0v) is 19.7. The van der Waals surface area contributed by atoms with E-state index in [9.17, 15) is 14.7 Å². The molecule has 3 rings (SSSR count). The lowest BCUT2D eigenvalue weighted by atomic mass is 10.1. The maximum Gasteiger partial charge on any atom is 0.261 e. The normalized spacial score (nSPS) is 10.1. The van der Waals surface area contributed by atoms with Crippen molar-refractivity contribution in [2.75, 3.05) is 39.1 Å². The average Bonchev–Trinajstić information content (AvgIpc) is 2.88. The molecular weight excluding hydrogens is 452 g/mol. The van der Waals surface area contributed by atoms with Gasteiger partial charge in [-0.3, -0.25) is 9.59 Å². The summed E-state index contributed by atoms with van der Waals surface area (Å²) in [6, 6.07) is 16.6. The number of rotatable bonds is 9. The van der Waals surface area contributed by atoms with Crippen molar-refractivity contribution in [1.29, 1.82) is 0 Å². The second kappa shape index (κ2) is 11.5. The molecule has 3 N–H and O–H groups in total. The van der Waals surface area contributed by atoms with Crippen LogP contribution in [-0.4, -0.2) is 45.4 Å². The van der Waals surface area contributed by atoms with E-state index in [2.05, 4.69) is 10.6 Å². The number of carbonyl (C=O) groups excluding carboxylic acids is 2.